The highest BCUT2D eigenvalue weighted by Gasteiger charge is 2.34. The van der Waals surface area contributed by atoms with E-state index in [0.29, 0.717) is 0 Å². The number of piperidine rings is 1. The van der Waals surface area contributed by atoms with Crippen LogP contribution in [0, 0.1) is 0 Å². The molecule has 0 radical (unpaired) electrons. The SMILES string of the molecule is O=C1Cc2ccccc2N(C2CCN(C3CCCCCCC3)CC2)C(=O)N1. The summed E-state index contributed by atoms with van der Waals surface area (Å²) in [7, 11) is 0. The lowest BCUT2D eigenvalue weighted by Gasteiger charge is -2.41. The minimum atomic E-state index is -0.255. The first-order chi connectivity index (χ1) is 13.2. The van der Waals surface area contributed by atoms with Crippen LogP contribution in [0.5, 0.6) is 0 Å². The molecule has 0 unspecified atom stereocenters. The molecule has 2 fully saturated rings. The Morgan fingerprint density at radius 3 is 2.22 bits per heavy atom. The van der Waals surface area contributed by atoms with Gasteiger partial charge in [-0.3, -0.25) is 15.0 Å². The molecule has 0 atom stereocenters. The predicted molar refractivity (Wildman–Crippen MR) is 107 cm³/mol. The second-order valence-electron chi connectivity index (χ2n) is 8.29. The lowest BCUT2D eigenvalue weighted by atomic mass is 9.93. The first-order valence-electron chi connectivity index (χ1n) is 10.7. The van der Waals surface area contributed by atoms with Gasteiger partial charge in [0.25, 0.3) is 0 Å². The van der Waals surface area contributed by atoms with Crippen molar-refractivity contribution in [2.75, 3.05) is 18.0 Å². The molecule has 1 saturated heterocycles. The molecular formula is C22H31N3O2. The van der Waals surface area contributed by atoms with Crippen LogP contribution in [0.2, 0.25) is 0 Å². The van der Waals surface area contributed by atoms with Crippen molar-refractivity contribution in [3.63, 3.8) is 0 Å². The van der Waals surface area contributed by atoms with Gasteiger partial charge in [-0.05, 0) is 37.3 Å². The third-order valence-electron chi connectivity index (χ3n) is 6.52. The summed E-state index contributed by atoms with van der Waals surface area (Å²) in [6.07, 6.45) is 11.8. The highest BCUT2D eigenvalue weighted by Crippen LogP contribution is 2.31. The maximum atomic E-state index is 12.7. The van der Waals surface area contributed by atoms with E-state index in [2.05, 4.69) is 10.2 Å². The van der Waals surface area contributed by atoms with Crippen LogP contribution < -0.4 is 10.2 Å². The number of likely N-dealkylation sites (tertiary alicyclic amines) is 1. The number of carbonyl (C=O) groups is 2. The number of fused-ring (bicyclic) bond motifs is 1. The monoisotopic (exact) mass is 369 g/mol. The maximum absolute atomic E-state index is 12.7. The number of hydrogen-bond donors (Lipinski definition) is 1. The van der Waals surface area contributed by atoms with Crippen molar-refractivity contribution in [2.45, 2.75) is 76.3 Å². The average Bonchev–Trinajstić information content (AvgIpc) is 2.76. The first-order valence-corrected chi connectivity index (χ1v) is 10.7. The number of urea groups is 1. The molecule has 3 amide bonds. The third-order valence-corrected chi connectivity index (χ3v) is 6.52. The highest BCUT2D eigenvalue weighted by molar-refractivity contribution is 6.06. The zero-order valence-corrected chi connectivity index (χ0v) is 16.2. The summed E-state index contributed by atoms with van der Waals surface area (Å²) < 4.78 is 0. The Kier molecular flexibility index (Phi) is 5.77. The summed E-state index contributed by atoms with van der Waals surface area (Å²) in [5, 5.41) is 2.56. The molecule has 5 heteroatoms. The molecule has 1 aromatic rings. The number of para-hydroxylation sites is 1. The molecule has 146 valence electrons. The zero-order chi connectivity index (χ0) is 18.6. The summed E-state index contributed by atoms with van der Waals surface area (Å²) in [5.74, 6) is -0.207. The van der Waals surface area contributed by atoms with Gasteiger partial charge < -0.3 is 4.90 Å². The van der Waals surface area contributed by atoms with E-state index in [-0.39, 0.29) is 24.4 Å². The lowest BCUT2D eigenvalue weighted by molar-refractivity contribution is -0.119. The van der Waals surface area contributed by atoms with E-state index in [4.69, 9.17) is 0 Å². The number of rotatable bonds is 2. The van der Waals surface area contributed by atoms with Crippen LogP contribution in [0.3, 0.4) is 0 Å². The van der Waals surface area contributed by atoms with Crippen molar-refractivity contribution in [2.24, 2.45) is 0 Å². The first kappa shape index (κ1) is 18.5. The van der Waals surface area contributed by atoms with Gasteiger partial charge in [-0.15, -0.1) is 0 Å². The summed E-state index contributed by atoms with van der Waals surface area (Å²) in [6.45, 7) is 2.10. The number of imide groups is 1. The largest absolute Gasteiger partial charge is 0.328 e. The summed E-state index contributed by atoms with van der Waals surface area (Å²) in [5.41, 5.74) is 1.86. The van der Waals surface area contributed by atoms with Gasteiger partial charge in [0, 0.05) is 30.9 Å². The molecule has 5 nitrogen and oxygen atoms in total. The fraction of sp³-hybridized carbons (Fsp3) is 0.636. The number of amides is 3. The molecule has 2 heterocycles. The smallest absolute Gasteiger partial charge is 0.300 e. The van der Waals surface area contributed by atoms with Crippen LogP contribution >= 0.6 is 0 Å². The van der Waals surface area contributed by atoms with Crippen LogP contribution in [0.1, 0.15) is 63.4 Å². The fourth-order valence-electron chi connectivity index (χ4n) is 5.07. The molecule has 0 bridgehead atoms. The van der Waals surface area contributed by atoms with E-state index in [1.54, 1.807) is 0 Å². The van der Waals surface area contributed by atoms with Crippen molar-refractivity contribution in [1.82, 2.24) is 10.2 Å². The Hall–Kier alpha value is -1.88. The van der Waals surface area contributed by atoms with E-state index in [1.807, 2.05) is 29.2 Å². The fourth-order valence-corrected chi connectivity index (χ4v) is 5.07. The minimum Gasteiger partial charge on any atom is -0.300 e. The van der Waals surface area contributed by atoms with Crippen molar-refractivity contribution in [1.29, 1.82) is 0 Å². The Morgan fingerprint density at radius 2 is 1.48 bits per heavy atom. The Morgan fingerprint density at radius 1 is 0.815 bits per heavy atom. The van der Waals surface area contributed by atoms with Crippen molar-refractivity contribution < 1.29 is 9.59 Å². The van der Waals surface area contributed by atoms with E-state index in [9.17, 15) is 9.59 Å². The van der Waals surface area contributed by atoms with Crippen LogP contribution in [-0.4, -0.2) is 42.0 Å². The molecule has 1 saturated carbocycles. The number of benzene rings is 1. The van der Waals surface area contributed by atoms with Gasteiger partial charge in [-0.1, -0.05) is 50.3 Å². The average molecular weight is 370 g/mol. The normalized spacial score (nSPS) is 23.9. The standard InChI is InChI=1S/C22H31N3O2/c26-21-16-17-8-6-7-11-20(17)25(22(27)23-21)19-12-14-24(15-13-19)18-9-4-2-1-3-5-10-18/h6-8,11,18-19H,1-5,9-10,12-16H2,(H,23,26,27). The summed E-state index contributed by atoms with van der Waals surface area (Å²) in [4.78, 5) is 29.3. The number of nitrogens with one attached hydrogen (secondary N) is 1. The van der Waals surface area contributed by atoms with Gasteiger partial charge in [0.05, 0.1) is 6.42 Å². The van der Waals surface area contributed by atoms with Crippen molar-refractivity contribution in [3.05, 3.63) is 29.8 Å². The Labute approximate surface area is 162 Å². The topological polar surface area (TPSA) is 52.7 Å². The van der Waals surface area contributed by atoms with E-state index in [0.717, 1.165) is 43.2 Å². The number of anilines is 1. The Bertz CT molecular complexity index is 674. The molecule has 2 aliphatic heterocycles. The van der Waals surface area contributed by atoms with Gasteiger partial charge >= 0.3 is 6.03 Å². The van der Waals surface area contributed by atoms with Gasteiger partial charge in [-0.25, -0.2) is 4.79 Å². The molecule has 27 heavy (non-hydrogen) atoms. The molecule has 0 spiro atoms. The molecule has 0 aromatic heterocycles. The number of hydrogen-bond acceptors (Lipinski definition) is 3. The quantitative estimate of drug-likeness (QED) is 0.861. The van der Waals surface area contributed by atoms with Gasteiger partial charge in [0.2, 0.25) is 5.91 Å². The van der Waals surface area contributed by atoms with E-state index in [1.165, 1.54) is 44.9 Å². The van der Waals surface area contributed by atoms with Crippen LogP contribution in [0.4, 0.5) is 10.5 Å². The van der Waals surface area contributed by atoms with Crippen molar-refractivity contribution in [3.8, 4) is 0 Å². The summed E-state index contributed by atoms with van der Waals surface area (Å²) in [6, 6.07) is 8.48. The molecule has 4 rings (SSSR count). The predicted octanol–water partition coefficient (Wildman–Crippen LogP) is 3.86. The minimum absolute atomic E-state index is 0.168. The van der Waals surface area contributed by atoms with Crippen LogP contribution in [0.15, 0.2) is 24.3 Å². The molecular weight excluding hydrogens is 338 g/mol. The molecule has 1 aromatic carbocycles. The lowest BCUT2D eigenvalue weighted by Crippen LogP contribution is -2.52. The number of nitrogens with zero attached hydrogens (tertiary/aromatic N) is 2. The van der Waals surface area contributed by atoms with Crippen LogP contribution in [-0.2, 0) is 11.2 Å². The highest BCUT2D eigenvalue weighted by atomic mass is 16.2. The second kappa shape index (κ2) is 8.42. The van der Waals surface area contributed by atoms with Crippen molar-refractivity contribution >= 4 is 17.6 Å². The molecule has 1 N–H and O–H groups in total. The number of carbonyl (C=O) groups excluding carboxylic acids is 2. The van der Waals surface area contributed by atoms with Gasteiger partial charge in [0.1, 0.15) is 0 Å². The van der Waals surface area contributed by atoms with E-state index >= 15 is 0 Å². The second-order valence-corrected chi connectivity index (χ2v) is 8.29. The third kappa shape index (κ3) is 4.18. The van der Waals surface area contributed by atoms with E-state index < -0.39 is 0 Å². The van der Waals surface area contributed by atoms with Gasteiger partial charge in [-0.2, -0.15) is 0 Å². The summed E-state index contributed by atoms with van der Waals surface area (Å²) >= 11 is 0. The maximum Gasteiger partial charge on any atom is 0.328 e. The van der Waals surface area contributed by atoms with Gasteiger partial charge in [0.15, 0.2) is 0 Å². The molecule has 3 aliphatic rings. The molecule has 1 aliphatic carbocycles. The van der Waals surface area contributed by atoms with Crippen LogP contribution in [0.25, 0.3) is 0 Å². The Balaban J connectivity index is 1.45. The zero-order valence-electron chi connectivity index (χ0n) is 16.2.